The molecule has 0 aromatic heterocycles. The predicted octanol–water partition coefficient (Wildman–Crippen LogP) is 2.42. The van der Waals surface area contributed by atoms with Crippen molar-refractivity contribution >= 4 is 15.7 Å². The number of carbonyl (C=O) groups is 1. The smallest absolute Gasteiger partial charge is 0.254 e. The van der Waals surface area contributed by atoms with Crippen LogP contribution in [0.4, 0.5) is 0 Å². The second-order valence-electron chi connectivity index (χ2n) is 7.33. The summed E-state index contributed by atoms with van der Waals surface area (Å²) in [5, 5.41) is 0. The number of benzene rings is 2. The summed E-state index contributed by atoms with van der Waals surface area (Å²) in [6.07, 6.45) is 0.704. The quantitative estimate of drug-likeness (QED) is 0.789. The third-order valence-electron chi connectivity index (χ3n) is 5.39. The van der Waals surface area contributed by atoms with Crippen LogP contribution >= 0.6 is 0 Å². The molecule has 0 spiro atoms. The molecule has 2 aliphatic rings. The Bertz CT molecular complexity index is 938. The molecule has 1 atom stereocenters. The predicted molar refractivity (Wildman–Crippen MR) is 107 cm³/mol. The second-order valence-corrected chi connectivity index (χ2v) is 9.56. The van der Waals surface area contributed by atoms with Crippen LogP contribution in [0, 0.1) is 0 Å². The van der Waals surface area contributed by atoms with Gasteiger partial charge in [0.25, 0.3) is 5.91 Å². The lowest BCUT2D eigenvalue weighted by Gasteiger charge is -2.37. The lowest BCUT2D eigenvalue weighted by molar-refractivity contribution is 0.0587. The Hall–Kier alpha value is -2.38. The van der Waals surface area contributed by atoms with Gasteiger partial charge in [-0.25, -0.2) is 8.42 Å². The van der Waals surface area contributed by atoms with Crippen molar-refractivity contribution in [1.29, 1.82) is 0 Å². The molecule has 0 aliphatic carbocycles. The van der Waals surface area contributed by atoms with Gasteiger partial charge in [-0.1, -0.05) is 24.3 Å². The summed E-state index contributed by atoms with van der Waals surface area (Å²) in [6.45, 7) is 2.65. The summed E-state index contributed by atoms with van der Waals surface area (Å²) >= 11 is 0. The van der Waals surface area contributed by atoms with E-state index in [4.69, 9.17) is 4.74 Å². The van der Waals surface area contributed by atoms with Crippen LogP contribution in [0.3, 0.4) is 0 Å². The Morgan fingerprint density at radius 2 is 1.64 bits per heavy atom. The number of hydrogen-bond acceptors (Lipinski definition) is 5. The van der Waals surface area contributed by atoms with Crippen LogP contribution in [0.2, 0.25) is 0 Å². The molecule has 0 bridgehead atoms. The molecule has 0 N–H and O–H groups in total. The lowest BCUT2D eigenvalue weighted by Crippen LogP contribution is -2.52. The highest BCUT2D eigenvalue weighted by atomic mass is 32.2. The maximum Gasteiger partial charge on any atom is 0.254 e. The molecule has 0 saturated carbocycles. The first-order valence-electron chi connectivity index (χ1n) is 9.57. The molecular formula is C21H24N2O4S. The van der Waals surface area contributed by atoms with E-state index in [1.165, 1.54) is 0 Å². The van der Waals surface area contributed by atoms with Gasteiger partial charge in [-0.3, -0.25) is 9.69 Å². The van der Waals surface area contributed by atoms with Crippen LogP contribution in [0.5, 0.6) is 11.5 Å². The third kappa shape index (κ3) is 4.36. The number of para-hydroxylation sites is 1. The molecule has 2 aliphatic heterocycles. The van der Waals surface area contributed by atoms with Gasteiger partial charge in [0.2, 0.25) is 0 Å². The van der Waals surface area contributed by atoms with E-state index in [1.807, 2.05) is 47.4 Å². The van der Waals surface area contributed by atoms with Crippen molar-refractivity contribution in [3.63, 3.8) is 0 Å². The van der Waals surface area contributed by atoms with Gasteiger partial charge in [-0.05, 0) is 36.8 Å². The van der Waals surface area contributed by atoms with Crippen molar-refractivity contribution in [3.8, 4) is 11.5 Å². The number of rotatable bonds is 4. The summed E-state index contributed by atoms with van der Waals surface area (Å²) < 4.78 is 29.2. The average molecular weight is 401 g/mol. The zero-order valence-corrected chi connectivity index (χ0v) is 16.5. The maximum absolute atomic E-state index is 12.9. The molecule has 7 heteroatoms. The summed E-state index contributed by atoms with van der Waals surface area (Å²) in [5.41, 5.74) is 0.602. The number of amides is 1. The van der Waals surface area contributed by atoms with E-state index in [0.29, 0.717) is 43.9 Å². The molecule has 0 radical (unpaired) electrons. The highest BCUT2D eigenvalue weighted by molar-refractivity contribution is 7.91. The molecule has 0 unspecified atom stereocenters. The van der Waals surface area contributed by atoms with E-state index in [9.17, 15) is 13.2 Å². The average Bonchev–Trinajstić information content (AvgIpc) is 3.08. The highest BCUT2D eigenvalue weighted by Crippen LogP contribution is 2.23. The van der Waals surface area contributed by atoms with Gasteiger partial charge in [-0.2, -0.15) is 0 Å². The maximum atomic E-state index is 12.9. The summed E-state index contributed by atoms with van der Waals surface area (Å²) in [7, 11) is -2.88. The number of sulfone groups is 1. The van der Waals surface area contributed by atoms with Crippen molar-refractivity contribution in [3.05, 3.63) is 60.2 Å². The Labute approximate surface area is 165 Å². The summed E-state index contributed by atoms with van der Waals surface area (Å²) in [4.78, 5) is 16.9. The van der Waals surface area contributed by atoms with E-state index in [2.05, 4.69) is 4.90 Å². The first-order valence-corrected chi connectivity index (χ1v) is 11.4. The van der Waals surface area contributed by atoms with Crippen molar-refractivity contribution in [2.75, 3.05) is 37.7 Å². The van der Waals surface area contributed by atoms with Gasteiger partial charge >= 0.3 is 0 Å². The first-order chi connectivity index (χ1) is 13.5. The fourth-order valence-electron chi connectivity index (χ4n) is 3.85. The van der Waals surface area contributed by atoms with Gasteiger partial charge in [0.15, 0.2) is 9.84 Å². The second kappa shape index (κ2) is 7.93. The first kappa shape index (κ1) is 19.0. The molecule has 4 rings (SSSR count). The van der Waals surface area contributed by atoms with Gasteiger partial charge in [0, 0.05) is 37.8 Å². The third-order valence-corrected chi connectivity index (χ3v) is 7.14. The fourth-order valence-corrected chi connectivity index (χ4v) is 5.61. The van der Waals surface area contributed by atoms with E-state index in [1.54, 1.807) is 12.1 Å². The minimum Gasteiger partial charge on any atom is -0.457 e. The molecule has 1 amide bonds. The SMILES string of the molecule is O=C(c1cccc(Oc2ccccc2)c1)N1CCN([C@@H]2CCS(=O)(=O)C2)CC1. The topological polar surface area (TPSA) is 66.9 Å². The highest BCUT2D eigenvalue weighted by Gasteiger charge is 2.34. The molecule has 6 nitrogen and oxygen atoms in total. The zero-order chi connectivity index (χ0) is 19.6. The van der Waals surface area contributed by atoms with E-state index < -0.39 is 9.84 Å². The van der Waals surface area contributed by atoms with Crippen LogP contribution in [0.15, 0.2) is 54.6 Å². The molecule has 28 heavy (non-hydrogen) atoms. The van der Waals surface area contributed by atoms with Crippen molar-refractivity contribution in [1.82, 2.24) is 9.80 Å². The van der Waals surface area contributed by atoms with Crippen LogP contribution in [-0.2, 0) is 9.84 Å². The fraction of sp³-hybridized carbons (Fsp3) is 0.381. The Balaban J connectivity index is 1.37. The molecule has 2 aromatic carbocycles. The van der Waals surface area contributed by atoms with Crippen LogP contribution in [0.25, 0.3) is 0 Å². The number of carbonyl (C=O) groups excluding carboxylic acids is 1. The van der Waals surface area contributed by atoms with Crippen molar-refractivity contribution in [2.45, 2.75) is 12.5 Å². The minimum absolute atomic E-state index is 0.0165. The van der Waals surface area contributed by atoms with Crippen LogP contribution < -0.4 is 4.74 Å². The lowest BCUT2D eigenvalue weighted by atomic mass is 10.1. The van der Waals surface area contributed by atoms with Gasteiger partial charge in [0.1, 0.15) is 11.5 Å². The molecule has 148 valence electrons. The Morgan fingerprint density at radius 1 is 0.929 bits per heavy atom. The monoisotopic (exact) mass is 400 g/mol. The van der Waals surface area contributed by atoms with Crippen molar-refractivity contribution < 1.29 is 17.9 Å². The van der Waals surface area contributed by atoms with Crippen molar-refractivity contribution in [2.24, 2.45) is 0 Å². The zero-order valence-electron chi connectivity index (χ0n) is 15.7. The van der Waals surface area contributed by atoms with Gasteiger partial charge in [0.05, 0.1) is 11.5 Å². The van der Waals surface area contributed by atoms with E-state index in [0.717, 1.165) is 5.75 Å². The molecule has 2 fully saturated rings. The Morgan fingerprint density at radius 3 is 2.32 bits per heavy atom. The Kier molecular flexibility index (Phi) is 5.37. The molecular weight excluding hydrogens is 376 g/mol. The standard InChI is InChI=1S/C21H24N2O4S/c24-21(17-5-4-8-20(15-17)27-19-6-2-1-3-7-19)23-12-10-22(11-13-23)18-9-14-28(25,26)16-18/h1-8,15,18H,9-14,16H2/t18-/m1/s1. The van der Waals surface area contributed by atoms with E-state index in [-0.39, 0.29) is 23.5 Å². The molecule has 2 aromatic rings. The number of piperazine rings is 1. The molecule has 2 saturated heterocycles. The number of ether oxygens (including phenoxy) is 1. The number of hydrogen-bond donors (Lipinski definition) is 0. The van der Waals surface area contributed by atoms with E-state index >= 15 is 0 Å². The normalized spacial score (nSPS) is 22.1. The van der Waals surface area contributed by atoms with Gasteiger partial charge < -0.3 is 9.64 Å². The van der Waals surface area contributed by atoms with Gasteiger partial charge in [-0.15, -0.1) is 0 Å². The minimum atomic E-state index is -2.88. The van der Waals surface area contributed by atoms with Crippen LogP contribution in [0.1, 0.15) is 16.8 Å². The number of nitrogens with zero attached hydrogens (tertiary/aromatic N) is 2. The van der Waals surface area contributed by atoms with Crippen LogP contribution in [-0.4, -0.2) is 67.9 Å². The summed E-state index contributed by atoms with van der Waals surface area (Å²) in [6, 6.07) is 16.8. The summed E-state index contributed by atoms with van der Waals surface area (Å²) in [5.74, 6) is 1.88. The molecule has 2 heterocycles. The largest absolute Gasteiger partial charge is 0.457 e.